The van der Waals surface area contributed by atoms with E-state index in [0.29, 0.717) is 12.0 Å². The molecule has 5 heteroatoms. The SMILES string of the molecule is CC(=O)N1CC[C@H](CNCCN2[C@@H]3CC[C@H]2CC(N)C3)C1. The molecule has 3 heterocycles. The van der Waals surface area contributed by atoms with Gasteiger partial charge < -0.3 is 16.0 Å². The molecule has 3 fully saturated rings. The van der Waals surface area contributed by atoms with Gasteiger partial charge in [-0.1, -0.05) is 0 Å². The number of nitrogens with one attached hydrogen (secondary N) is 1. The smallest absolute Gasteiger partial charge is 0.219 e. The van der Waals surface area contributed by atoms with E-state index in [9.17, 15) is 4.79 Å². The minimum Gasteiger partial charge on any atom is -0.343 e. The van der Waals surface area contributed by atoms with Gasteiger partial charge in [0.2, 0.25) is 5.91 Å². The minimum atomic E-state index is 0.221. The average Bonchev–Trinajstić information content (AvgIpc) is 2.99. The summed E-state index contributed by atoms with van der Waals surface area (Å²) in [4.78, 5) is 16.0. The van der Waals surface area contributed by atoms with Crippen molar-refractivity contribution in [1.82, 2.24) is 15.1 Å². The summed E-state index contributed by atoms with van der Waals surface area (Å²) in [5.74, 6) is 0.860. The van der Waals surface area contributed by atoms with Gasteiger partial charge in [0.1, 0.15) is 0 Å². The quantitative estimate of drug-likeness (QED) is 0.721. The lowest BCUT2D eigenvalue weighted by molar-refractivity contribution is -0.127. The first-order valence-corrected chi connectivity index (χ1v) is 8.61. The maximum atomic E-state index is 11.3. The second-order valence-electron chi connectivity index (χ2n) is 7.18. The van der Waals surface area contributed by atoms with Crippen LogP contribution >= 0.6 is 0 Å². The number of carbonyl (C=O) groups is 1. The van der Waals surface area contributed by atoms with Crippen LogP contribution in [0.5, 0.6) is 0 Å². The van der Waals surface area contributed by atoms with E-state index in [1.54, 1.807) is 6.92 Å². The Balaban J connectivity index is 1.33. The predicted molar refractivity (Wildman–Crippen MR) is 84.0 cm³/mol. The lowest BCUT2D eigenvalue weighted by atomic mass is 9.98. The molecule has 3 N–H and O–H groups in total. The molecule has 21 heavy (non-hydrogen) atoms. The lowest BCUT2D eigenvalue weighted by Gasteiger charge is -2.37. The molecule has 4 atom stereocenters. The van der Waals surface area contributed by atoms with Crippen LogP contribution in [-0.4, -0.2) is 66.6 Å². The van der Waals surface area contributed by atoms with Crippen molar-refractivity contribution in [2.24, 2.45) is 11.7 Å². The van der Waals surface area contributed by atoms with Gasteiger partial charge in [-0.2, -0.15) is 0 Å². The average molecular weight is 294 g/mol. The van der Waals surface area contributed by atoms with Crippen molar-refractivity contribution in [3.05, 3.63) is 0 Å². The molecular weight excluding hydrogens is 264 g/mol. The summed E-state index contributed by atoms with van der Waals surface area (Å²) in [5.41, 5.74) is 6.12. The van der Waals surface area contributed by atoms with Gasteiger partial charge in [-0.25, -0.2) is 0 Å². The molecule has 0 radical (unpaired) electrons. The Morgan fingerprint density at radius 2 is 1.95 bits per heavy atom. The van der Waals surface area contributed by atoms with Crippen LogP contribution in [0.4, 0.5) is 0 Å². The fraction of sp³-hybridized carbons (Fsp3) is 0.938. The number of rotatable bonds is 5. The molecule has 3 saturated heterocycles. The van der Waals surface area contributed by atoms with Crippen LogP contribution < -0.4 is 11.1 Å². The van der Waals surface area contributed by atoms with Crippen LogP contribution in [0.25, 0.3) is 0 Å². The molecule has 0 aromatic carbocycles. The van der Waals surface area contributed by atoms with Crippen molar-refractivity contribution >= 4 is 5.91 Å². The summed E-state index contributed by atoms with van der Waals surface area (Å²) in [7, 11) is 0. The van der Waals surface area contributed by atoms with E-state index in [1.165, 1.54) is 25.7 Å². The third kappa shape index (κ3) is 3.58. The summed E-state index contributed by atoms with van der Waals surface area (Å²) < 4.78 is 0. The van der Waals surface area contributed by atoms with Gasteiger partial charge in [0.05, 0.1) is 0 Å². The second kappa shape index (κ2) is 6.63. The molecule has 3 aliphatic rings. The third-order valence-electron chi connectivity index (χ3n) is 5.63. The summed E-state index contributed by atoms with van der Waals surface area (Å²) in [6.07, 6.45) is 6.21. The molecule has 1 amide bonds. The van der Waals surface area contributed by atoms with Gasteiger partial charge in [0.15, 0.2) is 0 Å². The third-order valence-corrected chi connectivity index (χ3v) is 5.63. The predicted octanol–water partition coefficient (Wildman–Crippen LogP) is 0.399. The molecule has 0 spiro atoms. The van der Waals surface area contributed by atoms with E-state index in [1.807, 2.05) is 4.90 Å². The Labute approximate surface area is 128 Å². The van der Waals surface area contributed by atoms with Crippen molar-refractivity contribution in [3.8, 4) is 0 Å². The number of piperidine rings is 1. The maximum Gasteiger partial charge on any atom is 0.219 e. The van der Waals surface area contributed by atoms with Gasteiger partial charge in [-0.3, -0.25) is 9.69 Å². The summed E-state index contributed by atoms with van der Waals surface area (Å²) >= 11 is 0. The fourth-order valence-electron chi connectivity index (χ4n) is 4.48. The number of amides is 1. The zero-order chi connectivity index (χ0) is 14.8. The number of likely N-dealkylation sites (tertiary alicyclic amines) is 1. The highest BCUT2D eigenvalue weighted by molar-refractivity contribution is 5.73. The van der Waals surface area contributed by atoms with Crippen LogP contribution in [0.2, 0.25) is 0 Å². The summed E-state index contributed by atoms with van der Waals surface area (Å²) in [6.45, 7) is 6.82. The number of carbonyl (C=O) groups excluding carboxylic acids is 1. The Morgan fingerprint density at radius 3 is 2.57 bits per heavy atom. The zero-order valence-electron chi connectivity index (χ0n) is 13.3. The summed E-state index contributed by atoms with van der Waals surface area (Å²) in [5, 5.41) is 3.60. The van der Waals surface area contributed by atoms with E-state index >= 15 is 0 Å². The van der Waals surface area contributed by atoms with E-state index in [0.717, 1.165) is 51.2 Å². The normalized spacial score (nSPS) is 36.4. The van der Waals surface area contributed by atoms with E-state index in [2.05, 4.69) is 10.2 Å². The number of hydrogen-bond acceptors (Lipinski definition) is 4. The minimum absolute atomic E-state index is 0.221. The first kappa shape index (κ1) is 15.3. The largest absolute Gasteiger partial charge is 0.343 e. The van der Waals surface area contributed by atoms with Gasteiger partial charge in [-0.15, -0.1) is 0 Å². The standard InChI is InChI=1S/C16H30N4O/c1-12(21)19-6-4-13(11-19)10-18-5-7-20-15-2-3-16(20)9-14(17)8-15/h13-16,18H,2-11,17H2,1H3/t13-,14?,15-,16+/m1/s1. The molecule has 120 valence electrons. The fourth-order valence-corrected chi connectivity index (χ4v) is 4.48. The number of nitrogens with zero attached hydrogens (tertiary/aromatic N) is 2. The first-order chi connectivity index (χ1) is 10.1. The van der Waals surface area contributed by atoms with Crippen molar-refractivity contribution in [2.75, 3.05) is 32.7 Å². The number of fused-ring (bicyclic) bond motifs is 2. The van der Waals surface area contributed by atoms with Crippen molar-refractivity contribution in [3.63, 3.8) is 0 Å². The van der Waals surface area contributed by atoms with E-state index in [-0.39, 0.29) is 5.91 Å². The molecule has 5 nitrogen and oxygen atoms in total. The van der Waals surface area contributed by atoms with Crippen LogP contribution in [0.15, 0.2) is 0 Å². The number of hydrogen-bond donors (Lipinski definition) is 2. The van der Waals surface area contributed by atoms with Crippen LogP contribution in [0.3, 0.4) is 0 Å². The van der Waals surface area contributed by atoms with E-state index in [4.69, 9.17) is 5.73 Å². The summed E-state index contributed by atoms with van der Waals surface area (Å²) in [6, 6.07) is 1.91. The monoisotopic (exact) mass is 294 g/mol. The van der Waals surface area contributed by atoms with Crippen LogP contribution in [0, 0.1) is 5.92 Å². The Morgan fingerprint density at radius 1 is 1.24 bits per heavy atom. The molecule has 0 saturated carbocycles. The zero-order valence-corrected chi connectivity index (χ0v) is 13.3. The topological polar surface area (TPSA) is 61.6 Å². The van der Waals surface area contributed by atoms with Crippen molar-refractivity contribution in [2.45, 2.75) is 57.2 Å². The van der Waals surface area contributed by atoms with Gasteiger partial charge in [0.25, 0.3) is 0 Å². The molecule has 1 unspecified atom stereocenters. The molecule has 2 bridgehead atoms. The highest BCUT2D eigenvalue weighted by Crippen LogP contribution is 2.34. The second-order valence-corrected chi connectivity index (χ2v) is 7.18. The Kier molecular flexibility index (Phi) is 4.82. The highest BCUT2D eigenvalue weighted by Gasteiger charge is 2.38. The van der Waals surface area contributed by atoms with Crippen LogP contribution in [-0.2, 0) is 4.79 Å². The van der Waals surface area contributed by atoms with Crippen molar-refractivity contribution < 1.29 is 4.79 Å². The molecular formula is C16H30N4O. The van der Waals surface area contributed by atoms with Gasteiger partial charge in [0, 0.05) is 51.2 Å². The highest BCUT2D eigenvalue weighted by atomic mass is 16.2. The van der Waals surface area contributed by atoms with Gasteiger partial charge in [-0.05, 0) is 44.6 Å². The maximum absolute atomic E-state index is 11.3. The van der Waals surface area contributed by atoms with E-state index < -0.39 is 0 Å². The molecule has 3 rings (SSSR count). The molecule has 0 aliphatic carbocycles. The molecule has 0 aromatic rings. The first-order valence-electron chi connectivity index (χ1n) is 8.61. The van der Waals surface area contributed by atoms with Crippen LogP contribution in [0.1, 0.15) is 39.0 Å². The Bertz CT molecular complexity index is 361. The molecule has 0 aromatic heterocycles. The van der Waals surface area contributed by atoms with Crippen molar-refractivity contribution in [1.29, 1.82) is 0 Å². The Hall–Kier alpha value is -0.650. The molecule has 3 aliphatic heterocycles. The van der Waals surface area contributed by atoms with Gasteiger partial charge >= 0.3 is 0 Å². The lowest BCUT2D eigenvalue weighted by Crippen LogP contribution is -2.49. The number of nitrogens with two attached hydrogens (primary N) is 1.